The van der Waals surface area contributed by atoms with E-state index in [1.54, 1.807) is 6.20 Å². The average Bonchev–Trinajstić information content (AvgIpc) is 3.58. The quantitative estimate of drug-likeness (QED) is 0.258. The highest BCUT2D eigenvalue weighted by molar-refractivity contribution is 7.17. The van der Waals surface area contributed by atoms with Gasteiger partial charge in [0.25, 0.3) is 0 Å². The van der Waals surface area contributed by atoms with E-state index in [0.29, 0.717) is 36.4 Å². The Labute approximate surface area is 295 Å². The van der Waals surface area contributed by atoms with Crippen molar-refractivity contribution in [3.05, 3.63) is 54.1 Å². The lowest BCUT2D eigenvalue weighted by Crippen LogP contribution is -2.56. The highest BCUT2D eigenvalue weighted by atomic mass is 32.1. The molecule has 2 N–H and O–H groups in total. The second-order valence-corrected chi connectivity index (χ2v) is 14.6. The predicted octanol–water partition coefficient (Wildman–Crippen LogP) is 5.31. The number of alkyl carbamates (subject to hydrolysis) is 1. The molecule has 3 amide bonds. The number of rotatable bonds is 6. The predicted molar refractivity (Wildman–Crippen MR) is 186 cm³/mol. The van der Waals surface area contributed by atoms with Gasteiger partial charge in [-0.15, -0.1) is 11.3 Å². The summed E-state index contributed by atoms with van der Waals surface area (Å²) in [4.78, 5) is 65.5. The number of hydrogen-bond donors (Lipinski definition) is 2. The molecular weight excluding hydrogens is 659 g/mol. The summed E-state index contributed by atoms with van der Waals surface area (Å²) in [5.41, 5.74) is 0.905. The molecule has 1 saturated heterocycles. The van der Waals surface area contributed by atoms with Crippen molar-refractivity contribution in [3.63, 3.8) is 0 Å². The van der Waals surface area contributed by atoms with Crippen molar-refractivity contribution in [2.45, 2.75) is 100 Å². The van der Waals surface area contributed by atoms with Gasteiger partial charge in [-0.2, -0.15) is 0 Å². The number of carbonyl (C=O) groups excluding carboxylic acids is 4. The van der Waals surface area contributed by atoms with Crippen LogP contribution in [0.5, 0.6) is 5.75 Å². The standard InChI is InChI=1S/C37H43N5O7S/c1-47-35(45)37-21-23(37)11-5-3-2-4-6-15-28(40-36(46)49-24-12-7-8-13-24)34(44)42-22-25(19-30(42)33(43)41-37)48-31-20-29(26-14-9-10-17-38-26)39-27-16-18-50-32(27)31/h5,9-11,14,16-18,20,23-25,28,30H,2-4,6-8,12-13,15,19,21-22H2,1H3,(H,40,46)(H,41,43)/b11-5-/t23-,25-,28?,30+,37-/m1/s1. The third kappa shape index (κ3) is 7.19. The minimum atomic E-state index is -1.19. The number of carbonyl (C=O) groups is 4. The van der Waals surface area contributed by atoms with E-state index in [2.05, 4.69) is 15.6 Å². The van der Waals surface area contributed by atoms with Crippen LogP contribution in [0.1, 0.15) is 70.6 Å². The van der Waals surface area contributed by atoms with Gasteiger partial charge in [0.2, 0.25) is 11.8 Å². The number of esters is 1. The lowest BCUT2D eigenvalue weighted by atomic mass is 10.0. The average molecular weight is 702 g/mol. The summed E-state index contributed by atoms with van der Waals surface area (Å²) >= 11 is 1.49. The van der Waals surface area contributed by atoms with Crippen molar-refractivity contribution in [1.82, 2.24) is 25.5 Å². The van der Waals surface area contributed by atoms with Crippen LogP contribution in [0.3, 0.4) is 0 Å². The van der Waals surface area contributed by atoms with E-state index in [1.807, 2.05) is 47.9 Å². The molecule has 5 atom stereocenters. The molecule has 264 valence electrons. The molecule has 0 bridgehead atoms. The fourth-order valence-electron chi connectivity index (χ4n) is 7.49. The second-order valence-electron chi connectivity index (χ2n) is 13.7. The maximum absolute atomic E-state index is 14.5. The molecule has 12 nitrogen and oxygen atoms in total. The molecule has 2 saturated carbocycles. The molecule has 50 heavy (non-hydrogen) atoms. The monoisotopic (exact) mass is 701 g/mol. The number of ether oxygens (including phenoxy) is 3. The maximum Gasteiger partial charge on any atom is 0.408 e. The molecule has 7 rings (SSSR count). The van der Waals surface area contributed by atoms with Crippen molar-refractivity contribution in [1.29, 1.82) is 0 Å². The normalized spacial score (nSPS) is 28.1. The largest absolute Gasteiger partial charge is 0.487 e. The number of nitrogens with one attached hydrogen (secondary N) is 2. The van der Waals surface area contributed by atoms with E-state index in [9.17, 15) is 19.2 Å². The van der Waals surface area contributed by atoms with Gasteiger partial charge in [-0.3, -0.25) is 14.6 Å². The highest BCUT2D eigenvalue weighted by Crippen LogP contribution is 2.46. The van der Waals surface area contributed by atoms with Crippen LogP contribution in [0.25, 0.3) is 21.6 Å². The van der Waals surface area contributed by atoms with Crippen molar-refractivity contribution < 1.29 is 33.4 Å². The number of hydrogen-bond acceptors (Lipinski definition) is 10. The number of fused-ring (bicyclic) bond motifs is 3. The third-order valence-electron chi connectivity index (χ3n) is 10.3. The van der Waals surface area contributed by atoms with Crippen molar-refractivity contribution in [3.8, 4) is 17.1 Å². The van der Waals surface area contributed by atoms with Gasteiger partial charge in [0.15, 0.2) is 0 Å². The number of pyridine rings is 2. The summed E-state index contributed by atoms with van der Waals surface area (Å²) < 4.78 is 18.3. The van der Waals surface area contributed by atoms with Gasteiger partial charge in [-0.1, -0.05) is 31.1 Å². The van der Waals surface area contributed by atoms with E-state index in [1.165, 1.54) is 23.3 Å². The van der Waals surface area contributed by atoms with Gasteiger partial charge >= 0.3 is 12.1 Å². The molecule has 0 radical (unpaired) electrons. The number of methoxy groups -OCH3 is 1. The zero-order valence-electron chi connectivity index (χ0n) is 28.2. The van der Waals surface area contributed by atoms with Gasteiger partial charge in [-0.25, -0.2) is 14.6 Å². The van der Waals surface area contributed by atoms with Crippen LogP contribution in [-0.2, 0) is 23.9 Å². The van der Waals surface area contributed by atoms with Gasteiger partial charge < -0.3 is 29.7 Å². The molecule has 2 aliphatic carbocycles. The lowest BCUT2D eigenvalue weighted by molar-refractivity contribution is -0.148. The number of amides is 3. The Morgan fingerprint density at radius 1 is 1.04 bits per heavy atom. The molecule has 3 aromatic rings. The number of nitrogens with zero attached hydrogens (tertiary/aromatic N) is 3. The zero-order valence-corrected chi connectivity index (χ0v) is 29.0. The number of aromatic nitrogens is 2. The first kappa shape index (κ1) is 34.0. The van der Waals surface area contributed by atoms with Crippen molar-refractivity contribution in [2.24, 2.45) is 5.92 Å². The molecule has 0 spiro atoms. The maximum atomic E-state index is 14.5. The van der Waals surface area contributed by atoms with Crippen LogP contribution in [0.15, 0.2) is 54.1 Å². The minimum absolute atomic E-state index is 0.107. The van der Waals surface area contributed by atoms with E-state index in [-0.39, 0.29) is 30.9 Å². The van der Waals surface area contributed by atoms with Gasteiger partial charge in [-0.05, 0) is 74.9 Å². The van der Waals surface area contributed by atoms with Crippen molar-refractivity contribution >= 4 is 45.4 Å². The highest BCUT2D eigenvalue weighted by Gasteiger charge is 2.62. The minimum Gasteiger partial charge on any atom is -0.487 e. The van der Waals surface area contributed by atoms with Crippen LogP contribution < -0.4 is 15.4 Å². The summed E-state index contributed by atoms with van der Waals surface area (Å²) in [6, 6.07) is 7.54. The number of allylic oxidation sites excluding steroid dienone is 1. The first-order chi connectivity index (χ1) is 24.3. The Bertz CT molecular complexity index is 1760. The van der Waals surface area contributed by atoms with E-state index >= 15 is 0 Å². The summed E-state index contributed by atoms with van der Waals surface area (Å²) in [6.45, 7) is 0.107. The molecule has 4 aliphatic rings. The first-order valence-electron chi connectivity index (χ1n) is 17.7. The van der Waals surface area contributed by atoms with Gasteiger partial charge in [0.05, 0.1) is 35.3 Å². The Hall–Kier alpha value is -4.52. The molecule has 5 heterocycles. The first-order valence-corrected chi connectivity index (χ1v) is 18.5. The van der Waals surface area contributed by atoms with Crippen LogP contribution >= 0.6 is 11.3 Å². The molecule has 13 heteroatoms. The number of thiophene rings is 1. The molecular formula is C37H43N5O7S. The SMILES string of the molecule is COC(=O)[C@@]12C[C@H]1/C=C\CCCCCC(NC(=O)OC1CCCC1)C(=O)N1C[C@H](Oc3cc(-c4ccccn4)nc4ccsc34)C[C@H]1C(=O)N2. The van der Waals surface area contributed by atoms with E-state index in [0.717, 1.165) is 55.2 Å². The van der Waals surface area contributed by atoms with Crippen LogP contribution in [0.2, 0.25) is 0 Å². The van der Waals surface area contributed by atoms with Crippen LogP contribution in [0, 0.1) is 5.92 Å². The molecule has 3 aromatic heterocycles. The summed E-state index contributed by atoms with van der Waals surface area (Å²) in [5, 5.41) is 7.77. The van der Waals surface area contributed by atoms with Crippen LogP contribution in [-0.4, -0.2) is 82.2 Å². The Balaban J connectivity index is 1.18. The smallest absolute Gasteiger partial charge is 0.408 e. The molecule has 2 aliphatic heterocycles. The summed E-state index contributed by atoms with van der Waals surface area (Å²) in [6.07, 6.45) is 12.3. The fraction of sp³-hybridized carbons (Fsp3) is 0.514. The molecule has 1 unspecified atom stereocenters. The zero-order chi connectivity index (χ0) is 34.7. The van der Waals surface area contributed by atoms with Gasteiger partial charge in [0.1, 0.15) is 35.6 Å². The van der Waals surface area contributed by atoms with Crippen molar-refractivity contribution in [2.75, 3.05) is 13.7 Å². The topological polar surface area (TPSA) is 149 Å². The van der Waals surface area contributed by atoms with Crippen LogP contribution in [0.4, 0.5) is 4.79 Å². The van der Waals surface area contributed by atoms with Gasteiger partial charge in [0, 0.05) is 24.6 Å². The lowest BCUT2D eigenvalue weighted by Gasteiger charge is -2.29. The summed E-state index contributed by atoms with van der Waals surface area (Å²) in [7, 11) is 1.31. The Morgan fingerprint density at radius 3 is 2.68 bits per heavy atom. The summed E-state index contributed by atoms with van der Waals surface area (Å²) in [5.74, 6) is -0.966. The van der Waals surface area contributed by atoms with E-state index in [4.69, 9.17) is 19.2 Å². The third-order valence-corrected chi connectivity index (χ3v) is 11.2. The second kappa shape index (κ2) is 14.8. The Kier molecular flexibility index (Phi) is 10.0. The molecule has 3 fully saturated rings. The molecule has 0 aromatic carbocycles. The van der Waals surface area contributed by atoms with E-state index < -0.39 is 41.7 Å². The fourth-order valence-corrected chi connectivity index (χ4v) is 8.28. The Morgan fingerprint density at radius 2 is 1.88 bits per heavy atom.